The van der Waals surface area contributed by atoms with Gasteiger partial charge in [0.25, 0.3) is 0 Å². The van der Waals surface area contributed by atoms with E-state index in [2.05, 4.69) is 20.8 Å². The van der Waals surface area contributed by atoms with Crippen molar-refractivity contribution in [2.75, 3.05) is 25.6 Å². The van der Waals surface area contributed by atoms with Crippen LogP contribution in [-0.4, -0.2) is 30.1 Å². The lowest BCUT2D eigenvalue weighted by Crippen LogP contribution is -2.49. The highest BCUT2D eigenvalue weighted by atomic mass is 35.5. The van der Waals surface area contributed by atoms with Crippen LogP contribution < -0.4 is 0 Å². The van der Waals surface area contributed by atoms with Crippen LogP contribution in [0.5, 0.6) is 0 Å². The van der Waals surface area contributed by atoms with E-state index >= 15 is 0 Å². The summed E-state index contributed by atoms with van der Waals surface area (Å²) in [7, 11) is 0. The first-order chi connectivity index (χ1) is 9.74. The summed E-state index contributed by atoms with van der Waals surface area (Å²) < 4.78 is 1.18. The molecule has 122 valence electrons. The van der Waals surface area contributed by atoms with Gasteiger partial charge in [0.2, 0.25) is 0 Å². The molecule has 0 aromatic heterocycles. The quantitative estimate of drug-likeness (QED) is 0.143. The van der Waals surface area contributed by atoms with Crippen molar-refractivity contribution in [2.45, 2.75) is 91.4 Å². The van der Waals surface area contributed by atoms with E-state index in [4.69, 9.17) is 11.6 Å². The second kappa shape index (κ2) is 14.2. The summed E-state index contributed by atoms with van der Waals surface area (Å²) in [6, 6.07) is 0.821. The first-order valence-electron chi connectivity index (χ1n) is 9.15. The predicted octanol–water partition coefficient (Wildman–Crippen LogP) is 6.35. The highest BCUT2D eigenvalue weighted by molar-refractivity contribution is 6.16. The Morgan fingerprint density at radius 2 is 0.900 bits per heavy atom. The van der Waals surface area contributed by atoms with Gasteiger partial charge in [-0.05, 0) is 38.5 Å². The Labute approximate surface area is 133 Å². The van der Waals surface area contributed by atoms with E-state index in [0.717, 1.165) is 6.00 Å². The van der Waals surface area contributed by atoms with E-state index in [9.17, 15) is 0 Å². The van der Waals surface area contributed by atoms with Gasteiger partial charge in [0.15, 0.2) is 6.00 Å². The Morgan fingerprint density at radius 3 is 1.25 bits per heavy atom. The zero-order valence-electron chi connectivity index (χ0n) is 14.4. The molecule has 0 aliphatic carbocycles. The molecule has 1 nitrogen and oxygen atoms in total. The number of hydrogen-bond donors (Lipinski definition) is 0. The SMILES string of the molecule is CCCCCC[N+](CCl)(CCCCC)CCCCCC. The van der Waals surface area contributed by atoms with E-state index in [1.807, 2.05) is 0 Å². The predicted molar refractivity (Wildman–Crippen MR) is 93.4 cm³/mol. The van der Waals surface area contributed by atoms with Crippen LogP contribution in [0.1, 0.15) is 91.4 Å². The number of rotatable bonds is 15. The highest BCUT2D eigenvalue weighted by Crippen LogP contribution is 2.18. The molecule has 0 aromatic rings. The van der Waals surface area contributed by atoms with Crippen LogP contribution in [0.3, 0.4) is 0 Å². The molecule has 0 unspecified atom stereocenters. The Kier molecular flexibility index (Phi) is 14.4. The molecule has 0 N–H and O–H groups in total. The van der Waals surface area contributed by atoms with Crippen LogP contribution in [0.25, 0.3) is 0 Å². The molecule has 0 fully saturated rings. The van der Waals surface area contributed by atoms with Crippen LogP contribution in [0.4, 0.5) is 0 Å². The molecule has 2 heteroatoms. The zero-order chi connectivity index (χ0) is 15.1. The van der Waals surface area contributed by atoms with Gasteiger partial charge in [-0.15, -0.1) is 0 Å². The minimum atomic E-state index is 0.821. The van der Waals surface area contributed by atoms with Gasteiger partial charge in [-0.2, -0.15) is 0 Å². The summed E-state index contributed by atoms with van der Waals surface area (Å²) >= 11 is 6.40. The topological polar surface area (TPSA) is 0 Å². The molecule has 20 heavy (non-hydrogen) atoms. The molecule has 0 bridgehead atoms. The van der Waals surface area contributed by atoms with Gasteiger partial charge >= 0.3 is 0 Å². The molecule has 0 aliphatic heterocycles. The average molecular weight is 305 g/mol. The molecule has 0 saturated carbocycles. The average Bonchev–Trinajstić information content (AvgIpc) is 2.47. The van der Waals surface area contributed by atoms with E-state index in [0.29, 0.717) is 0 Å². The molecule has 0 atom stereocenters. The Hall–Kier alpha value is 0.250. The summed E-state index contributed by atoms with van der Waals surface area (Å²) in [6.45, 7) is 10.8. The van der Waals surface area contributed by atoms with Crippen LogP contribution in [0, 0.1) is 0 Å². The number of unbranched alkanes of at least 4 members (excludes halogenated alkanes) is 8. The second-order valence-electron chi connectivity index (χ2n) is 6.46. The fourth-order valence-corrected chi connectivity index (χ4v) is 3.32. The fraction of sp³-hybridized carbons (Fsp3) is 1.00. The number of alkyl halides is 1. The van der Waals surface area contributed by atoms with Gasteiger partial charge in [0, 0.05) is 0 Å². The van der Waals surface area contributed by atoms with E-state index in [1.54, 1.807) is 0 Å². The minimum absolute atomic E-state index is 0.821. The summed E-state index contributed by atoms with van der Waals surface area (Å²) in [5, 5.41) is 0. The maximum absolute atomic E-state index is 6.40. The standard InChI is InChI=1S/C18H39ClN/c1-4-7-10-13-16-20(18-19,15-12-9-6-3)17-14-11-8-5-2/h4-18H2,1-3H3/q+1. The van der Waals surface area contributed by atoms with Crippen molar-refractivity contribution in [1.29, 1.82) is 0 Å². The first-order valence-corrected chi connectivity index (χ1v) is 9.69. The van der Waals surface area contributed by atoms with Crippen molar-refractivity contribution in [1.82, 2.24) is 0 Å². The smallest absolute Gasteiger partial charge is 0.154 e. The lowest BCUT2D eigenvalue weighted by Gasteiger charge is -2.37. The minimum Gasteiger partial charge on any atom is -0.311 e. The molecule has 0 aliphatic rings. The lowest BCUT2D eigenvalue weighted by molar-refractivity contribution is -0.918. The maximum atomic E-state index is 6.40. The first kappa shape index (κ1) is 20.2. The normalized spacial score (nSPS) is 12.0. The third-order valence-corrected chi connectivity index (χ3v) is 4.97. The van der Waals surface area contributed by atoms with Crippen molar-refractivity contribution in [2.24, 2.45) is 0 Å². The van der Waals surface area contributed by atoms with Crippen molar-refractivity contribution < 1.29 is 4.48 Å². The number of quaternary nitrogens is 1. The number of nitrogens with zero attached hydrogens (tertiary/aromatic N) is 1. The second-order valence-corrected chi connectivity index (χ2v) is 6.70. The summed E-state index contributed by atoms with van der Waals surface area (Å²) in [6.07, 6.45) is 14.9. The third-order valence-electron chi connectivity index (χ3n) is 4.46. The fourth-order valence-electron chi connectivity index (χ4n) is 2.96. The van der Waals surface area contributed by atoms with Crippen LogP contribution in [0.2, 0.25) is 0 Å². The molecular weight excluding hydrogens is 266 g/mol. The van der Waals surface area contributed by atoms with Gasteiger partial charge in [0.05, 0.1) is 19.6 Å². The molecule has 0 saturated heterocycles. The van der Waals surface area contributed by atoms with E-state index in [-0.39, 0.29) is 0 Å². The Morgan fingerprint density at radius 1 is 0.550 bits per heavy atom. The van der Waals surface area contributed by atoms with Gasteiger partial charge < -0.3 is 4.48 Å². The van der Waals surface area contributed by atoms with Gasteiger partial charge in [-0.3, -0.25) is 0 Å². The lowest BCUT2D eigenvalue weighted by atomic mass is 10.1. The van der Waals surface area contributed by atoms with Gasteiger partial charge in [0.1, 0.15) is 0 Å². The highest BCUT2D eigenvalue weighted by Gasteiger charge is 2.24. The van der Waals surface area contributed by atoms with Crippen LogP contribution >= 0.6 is 11.6 Å². The largest absolute Gasteiger partial charge is 0.311 e. The van der Waals surface area contributed by atoms with E-state index < -0.39 is 0 Å². The molecule has 0 rings (SSSR count). The van der Waals surface area contributed by atoms with Crippen molar-refractivity contribution >= 4 is 11.6 Å². The summed E-state index contributed by atoms with van der Waals surface area (Å²) in [4.78, 5) is 0. The van der Waals surface area contributed by atoms with Gasteiger partial charge in [-0.25, -0.2) is 0 Å². The Balaban J connectivity index is 4.20. The van der Waals surface area contributed by atoms with Crippen molar-refractivity contribution in [3.63, 3.8) is 0 Å². The number of halogens is 1. The maximum Gasteiger partial charge on any atom is 0.154 e. The monoisotopic (exact) mass is 304 g/mol. The Bertz CT molecular complexity index is 182. The van der Waals surface area contributed by atoms with Crippen LogP contribution in [0.15, 0.2) is 0 Å². The van der Waals surface area contributed by atoms with Crippen molar-refractivity contribution in [3.05, 3.63) is 0 Å². The van der Waals surface area contributed by atoms with Crippen LogP contribution in [-0.2, 0) is 0 Å². The van der Waals surface area contributed by atoms with Gasteiger partial charge in [-0.1, -0.05) is 64.5 Å². The third kappa shape index (κ3) is 10.0. The zero-order valence-corrected chi connectivity index (χ0v) is 15.2. The molecule has 0 spiro atoms. The molecule has 0 aromatic carbocycles. The molecule has 0 amide bonds. The van der Waals surface area contributed by atoms with E-state index in [1.165, 1.54) is 94.7 Å². The number of hydrogen-bond acceptors (Lipinski definition) is 0. The molecule has 0 radical (unpaired) electrons. The summed E-state index contributed by atoms with van der Waals surface area (Å²) in [5.41, 5.74) is 0. The molecule has 0 heterocycles. The molecular formula is C18H39ClN+. The van der Waals surface area contributed by atoms with Crippen molar-refractivity contribution in [3.8, 4) is 0 Å². The summed E-state index contributed by atoms with van der Waals surface area (Å²) in [5.74, 6) is 0.